The minimum atomic E-state index is -1.03. The van der Waals surface area contributed by atoms with Crippen molar-refractivity contribution in [3.05, 3.63) is 124 Å². The molecular formula is C32H38N4O4PPd+. The van der Waals surface area contributed by atoms with Gasteiger partial charge in [0.05, 0.1) is 18.5 Å². The van der Waals surface area contributed by atoms with Gasteiger partial charge < -0.3 is 14.9 Å². The van der Waals surface area contributed by atoms with E-state index in [1.807, 2.05) is 0 Å². The number of benzene rings is 3. The molecule has 0 bridgehead atoms. The first kappa shape index (κ1) is 34.6. The molecule has 0 saturated carbocycles. The van der Waals surface area contributed by atoms with E-state index in [-0.39, 0.29) is 31.7 Å². The van der Waals surface area contributed by atoms with Gasteiger partial charge in [-0.25, -0.2) is 4.79 Å². The Balaban J connectivity index is 0.000000268. The second-order valence-corrected chi connectivity index (χ2v) is 12.3. The van der Waals surface area contributed by atoms with Crippen molar-refractivity contribution < 1.29 is 30.3 Å². The van der Waals surface area contributed by atoms with Gasteiger partial charge in [-0.15, -0.1) is 6.07 Å². The number of carboxylic acid groups (broad SMARTS) is 1. The van der Waals surface area contributed by atoms with E-state index in [0.29, 0.717) is 11.5 Å². The van der Waals surface area contributed by atoms with E-state index in [0.717, 1.165) is 17.1 Å². The number of aliphatic carboxylic acids is 1. The van der Waals surface area contributed by atoms with Gasteiger partial charge in [-0.3, -0.25) is 18.7 Å². The Morgan fingerprint density at radius 2 is 1.19 bits per heavy atom. The largest absolute Gasteiger partial charge is 2.00 e. The SMILES string of the molecule is CC(=O)O.CN1[CH-]N(C)c2c1c(=O)n(C)c(=O)n2C.[CH2-]c1ccccc1[PH+](c1ccccc1C)c1ccccc1C.[Pd+2]. The number of aryl methyl sites for hydroxylation is 2. The summed E-state index contributed by atoms with van der Waals surface area (Å²) in [5, 5.41) is 11.7. The summed E-state index contributed by atoms with van der Waals surface area (Å²) < 4.78 is 2.58. The molecule has 1 aliphatic rings. The van der Waals surface area contributed by atoms with Crippen LogP contribution in [0.25, 0.3) is 0 Å². The van der Waals surface area contributed by atoms with Crippen LogP contribution in [0.15, 0.2) is 82.4 Å². The van der Waals surface area contributed by atoms with Gasteiger partial charge in [0.1, 0.15) is 11.5 Å². The molecule has 4 aromatic rings. The maximum Gasteiger partial charge on any atom is 2.00 e. The van der Waals surface area contributed by atoms with Crippen LogP contribution in [0.1, 0.15) is 23.6 Å². The molecule has 0 atom stereocenters. The fraction of sp³-hybridized carbons (Fsp3) is 0.219. The predicted molar refractivity (Wildman–Crippen MR) is 172 cm³/mol. The number of hydrogen-bond acceptors (Lipinski definition) is 5. The summed E-state index contributed by atoms with van der Waals surface area (Å²) in [4.78, 5) is 36.0. The van der Waals surface area contributed by atoms with Crippen molar-refractivity contribution in [3.8, 4) is 0 Å². The summed E-state index contributed by atoms with van der Waals surface area (Å²) in [5.41, 5.74) is 3.82. The van der Waals surface area contributed by atoms with Crippen LogP contribution in [-0.2, 0) is 39.3 Å². The fourth-order valence-electron chi connectivity index (χ4n) is 4.81. The molecule has 1 aromatic heterocycles. The average molecular weight is 680 g/mol. The van der Waals surface area contributed by atoms with Crippen LogP contribution in [0.3, 0.4) is 0 Å². The van der Waals surface area contributed by atoms with Gasteiger partial charge in [0, 0.05) is 26.3 Å². The molecule has 8 nitrogen and oxygen atoms in total. The predicted octanol–water partition coefficient (Wildman–Crippen LogP) is 3.15. The number of aromatic nitrogens is 2. The Kier molecular flexibility index (Phi) is 12.4. The van der Waals surface area contributed by atoms with Gasteiger partial charge in [-0.1, -0.05) is 48.5 Å². The van der Waals surface area contributed by atoms with E-state index in [9.17, 15) is 9.59 Å². The monoisotopic (exact) mass is 679 g/mol. The molecule has 0 spiro atoms. The van der Waals surface area contributed by atoms with Gasteiger partial charge in [0.25, 0.3) is 11.5 Å². The quantitative estimate of drug-likeness (QED) is 0.204. The van der Waals surface area contributed by atoms with E-state index in [4.69, 9.17) is 9.90 Å². The maximum absolute atomic E-state index is 11.9. The zero-order valence-corrected chi connectivity index (χ0v) is 27.5. The Morgan fingerprint density at radius 3 is 1.64 bits per heavy atom. The van der Waals surface area contributed by atoms with Crippen LogP contribution >= 0.6 is 7.92 Å². The Labute approximate surface area is 262 Å². The molecule has 0 unspecified atom stereocenters. The number of anilines is 2. The molecule has 0 fully saturated rings. The summed E-state index contributed by atoms with van der Waals surface area (Å²) >= 11 is 0. The fourth-order valence-corrected chi connectivity index (χ4v) is 7.83. The van der Waals surface area contributed by atoms with E-state index in [1.165, 1.54) is 38.7 Å². The zero-order valence-electron chi connectivity index (χ0n) is 25.0. The molecule has 0 amide bonds. The number of nitrogens with zero attached hydrogens (tertiary/aromatic N) is 4. The summed E-state index contributed by atoms with van der Waals surface area (Å²) in [6.07, 6.45) is 0. The Hall–Kier alpha value is -3.63. The van der Waals surface area contributed by atoms with Crippen LogP contribution in [0.4, 0.5) is 11.5 Å². The van der Waals surface area contributed by atoms with Crippen LogP contribution in [0.2, 0.25) is 0 Å². The second-order valence-electron chi connectivity index (χ2n) is 9.90. The third kappa shape index (κ3) is 7.60. The maximum atomic E-state index is 11.9. The minimum Gasteiger partial charge on any atom is -0.498 e. The van der Waals surface area contributed by atoms with Gasteiger partial charge in [0.2, 0.25) is 0 Å². The van der Waals surface area contributed by atoms with Crippen molar-refractivity contribution in [2.45, 2.75) is 20.8 Å². The molecule has 1 aliphatic heterocycles. The molecule has 0 radical (unpaired) electrons. The van der Waals surface area contributed by atoms with E-state index >= 15 is 0 Å². The first-order valence-corrected chi connectivity index (χ1v) is 14.6. The molecule has 3 aromatic carbocycles. The van der Waals surface area contributed by atoms with Crippen LogP contribution in [0, 0.1) is 27.4 Å². The average Bonchev–Trinajstić information content (AvgIpc) is 3.23. The van der Waals surface area contributed by atoms with Crippen molar-refractivity contribution in [2.24, 2.45) is 14.1 Å². The first-order chi connectivity index (χ1) is 19.4. The van der Waals surface area contributed by atoms with Gasteiger partial charge >= 0.3 is 26.1 Å². The molecule has 0 aliphatic carbocycles. The second kappa shape index (κ2) is 15.0. The summed E-state index contributed by atoms with van der Waals surface area (Å²) in [5.74, 6) is -0.203. The van der Waals surface area contributed by atoms with Gasteiger partial charge in [0.15, 0.2) is 0 Å². The number of fused-ring (bicyclic) bond motifs is 1. The van der Waals surface area contributed by atoms with Crippen molar-refractivity contribution in [3.63, 3.8) is 0 Å². The van der Waals surface area contributed by atoms with Crippen LogP contribution in [0.5, 0.6) is 0 Å². The molecular weight excluding hydrogens is 642 g/mol. The third-order valence-electron chi connectivity index (χ3n) is 6.76. The molecule has 224 valence electrons. The van der Waals surface area contributed by atoms with Crippen molar-refractivity contribution in [1.29, 1.82) is 0 Å². The van der Waals surface area contributed by atoms with E-state index in [1.54, 1.807) is 37.6 Å². The van der Waals surface area contributed by atoms with Crippen molar-refractivity contribution in [2.75, 3.05) is 23.9 Å². The minimum absolute atomic E-state index is 0. The number of carbonyl (C=O) groups is 1. The topological polar surface area (TPSA) is 87.8 Å². The van der Waals surface area contributed by atoms with Crippen LogP contribution < -0.4 is 37.0 Å². The number of carboxylic acids is 1. The van der Waals surface area contributed by atoms with Gasteiger partial charge in [-0.05, 0) is 51.2 Å². The molecule has 5 rings (SSSR count). The summed E-state index contributed by atoms with van der Waals surface area (Å²) in [7, 11) is 5.70. The Bertz CT molecular complexity index is 1560. The molecule has 0 saturated heterocycles. The third-order valence-corrected chi connectivity index (χ3v) is 9.99. The molecule has 1 N–H and O–H groups in total. The van der Waals surface area contributed by atoms with Crippen molar-refractivity contribution >= 4 is 41.3 Å². The summed E-state index contributed by atoms with van der Waals surface area (Å²) in [6.45, 7) is 11.6. The summed E-state index contributed by atoms with van der Waals surface area (Å²) in [6, 6.07) is 26.1. The standard InChI is InChI=1S/C21H20P.C9H13N4O2.C2H4O2.Pd/c1-16-10-4-7-13-19(16)22(20-14-8-5-11-17(20)2)21-15-9-6-12-18(21)3;1-10-5-11(2)7-6(10)8(14)13(4)9(15)12(7)3;1-2(3)4;/h4-15H,1H2,2-3H3;5H,1-4H3;1H3,(H,3,4);/q2*-1;;+2/p+1. The Morgan fingerprint density at radius 1 is 0.762 bits per heavy atom. The first-order valence-electron chi connectivity index (χ1n) is 13.1. The van der Waals surface area contributed by atoms with E-state index < -0.39 is 13.9 Å². The molecule has 10 heteroatoms. The molecule has 2 heterocycles. The number of rotatable bonds is 3. The zero-order chi connectivity index (χ0) is 30.4. The normalized spacial score (nSPS) is 11.5. The van der Waals surface area contributed by atoms with E-state index in [2.05, 4.69) is 93.6 Å². The van der Waals surface area contributed by atoms with Crippen LogP contribution in [-0.4, -0.2) is 34.3 Å². The smallest absolute Gasteiger partial charge is 0.498 e. The number of hydrogen-bond donors (Lipinski definition) is 1. The van der Waals surface area contributed by atoms with Crippen molar-refractivity contribution in [1.82, 2.24) is 9.13 Å². The molecule has 42 heavy (non-hydrogen) atoms. The van der Waals surface area contributed by atoms with Gasteiger partial charge in [-0.2, -0.15) is 25.2 Å².